The summed E-state index contributed by atoms with van der Waals surface area (Å²) in [5.41, 5.74) is 2.39. The summed E-state index contributed by atoms with van der Waals surface area (Å²) in [5.74, 6) is 1.20. The van der Waals surface area contributed by atoms with Crippen molar-refractivity contribution in [3.63, 3.8) is 0 Å². The Kier molecular flexibility index (Phi) is 5.06. The molecule has 2 aromatic carbocycles. The molecule has 25 heavy (non-hydrogen) atoms. The first-order chi connectivity index (χ1) is 11.9. The minimum atomic E-state index is -3.57. The lowest BCUT2D eigenvalue weighted by Gasteiger charge is -2.23. The molecule has 0 atom stereocenters. The van der Waals surface area contributed by atoms with Gasteiger partial charge in [0.15, 0.2) is 11.5 Å². The SMILES string of the molecule is COc1cc2c(cc1OC)C(=CS(=O)(=O)c1ccc(Br)cc1)NCC2. The highest BCUT2D eigenvalue weighted by atomic mass is 79.9. The summed E-state index contributed by atoms with van der Waals surface area (Å²) in [4.78, 5) is 0.248. The predicted octanol–water partition coefficient (Wildman–Crippen LogP) is 3.38. The van der Waals surface area contributed by atoms with E-state index in [0.717, 1.165) is 22.0 Å². The first kappa shape index (κ1) is 17.8. The van der Waals surface area contributed by atoms with Gasteiger partial charge in [0.2, 0.25) is 9.84 Å². The topological polar surface area (TPSA) is 64.6 Å². The van der Waals surface area contributed by atoms with Crippen LogP contribution in [0.3, 0.4) is 0 Å². The number of halogens is 1. The summed E-state index contributed by atoms with van der Waals surface area (Å²) in [6.45, 7) is 0.657. The van der Waals surface area contributed by atoms with E-state index in [1.165, 1.54) is 5.41 Å². The molecule has 132 valence electrons. The fourth-order valence-electron chi connectivity index (χ4n) is 2.76. The Morgan fingerprint density at radius 2 is 1.72 bits per heavy atom. The van der Waals surface area contributed by atoms with E-state index in [2.05, 4.69) is 21.2 Å². The van der Waals surface area contributed by atoms with E-state index in [0.29, 0.717) is 23.7 Å². The largest absolute Gasteiger partial charge is 0.493 e. The number of sulfone groups is 1. The lowest BCUT2D eigenvalue weighted by atomic mass is 9.98. The normalized spacial score (nSPS) is 15.4. The Morgan fingerprint density at radius 1 is 1.08 bits per heavy atom. The van der Waals surface area contributed by atoms with Gasteiger partial charge in [-0.1, -0.05) is 15.9 Å². The van der Waals surface area contributed by atoms with Gasteiger partial charge in [0.1, 0.15) is 0 Å². The molecular weight excluding hydrogens is 406 g/mol. The predicted molar refractivity (Wildman–Crippen MR) is 101 cm³/mol. The van der Waals surface area contributed by atoms with Gasteiger partial charge in [0.25, 0.3) is 0 Å². The van der Waals surface area contributed by atoms with E-state index in [1.807, 2.05) is 12.1 Å². The molecule has 0 radical (unpaired) electrons. The second-order valence-corrected chi connectivity index (χ2v) is 8.28. The van der Waals surface area contributed by atoms with Crippen LogP contribution in [0.25, 0.3) is 5.70 Å². The Hall–Kier alpha value is -1.99. The highest BCUT2D eigenvalue weighted by Gasteiger charge is 2.21. The first-order valence-electron chi connectivity index (χ1n) is 7.66. The maximum atomic E-state index is 12.7. The third-order valence-electron chi connectivity index (χ3n) is 4.02. The number of nitrogens with one attached hydrogen (secondary N) is 1. The molecule has 5 nitrogen and oxygen atoms in total. The van der Waals surface area contributed by atoms with Crippen LogP contribution < -0.4 is 14.8 Å². The van der Waals surface area contributed by atoms with Crippen LogP contribution in [0.5, 0.6) is 11.5 Å². The van der Waals surface area contributed by atoms with Gasteiger partial charge in [-0.25, -0.2) is 8.42 Å². The van der Waals surface area contributed by atoms with E-state index < -0.39 is 9.84 Å². The van der Waals surface area contributed by atoms with Crippen LogP contribution in [0.1, 0.15) is 11.1 Å². The van der Waals surface area contributed by atoms with Crippen LogP contribution in [0, 0.1) is 0 Å². The van der Waals surface area contributed by atoms with Crippen LogP contribution in [0.4, 0.5) is 0 Å². The number of hydrogen-bond acceptors (Lipinski definition) is 5. The van der Waals surface area contributed by atoms with Crippen LogP contribution in [0.15, 0.2) is 51.2 Å². The van der Waals surface area contributed by atoms with E-state index in [4.69, 9.17) is 9.47 Å². The monoisotopic (exact) mass is 423 g/mol. The molecule has 1 N–H and O–H groups in total. The molecular formula is C18H18BrNO4S. The van der Waals surface area contributed by atoms with E-state index in [-0.39, 0.29) is 4.90 Å². The zero-order valence-corrected chi connectivity index (χ0v) is 16.3. The fourth-order valence-corrected chi connectivity index (χ4v) is 4.19. The molecule has 7 heteroatoms. The van der Waals surface area contributed by atoms with Crippen molar-refractivity contribution in [2.75, 3.05) is 20.8 Å². The summed E-state index contributed by atoms with van der Waals surface area (Å²) in [7, 11) is -0.431. The maximum absolute atomic E-state index is 12.7. The van der Waals surface area contributed by atoms with Gasteiger partial charge in [0.05, 0.1) is 30.2 Å². The molecule has 0 fully saturated rings. The van der Waals surface area contributed by atoms with Crippen molar-refractivity contribution < 1.29 is 17.9 Å². The van der Waals surface area contributed by atoms with E-state index in [1.54, 1.807) is 38.5 Å². The van der Waals surface area contributed by atoms with Gasteiger partial charge >= 0.3 is 0 Å². The molecule has 1 aliphatic heterocycles. The Bertz CT molecular complexity index is 921. The van der Waals surface area contributed by atoms with Crippen LogP contribution in [-0.4, -0.2) is 29.2 Å². The number of rotatable bonds is 4. The second-order valence-electron chi connectivity index (χ2n) is 5.57. The van der Waals surface area contributed by atoms with Crippen molar-refractivity contribution >= 4 is 31.5 Å². The molecule has 1 heterocycles. The molecule has 0 aromatic heterocycles. The van der Waals surface area contributed by atoms with Crippen molar-refractivity contribution in [1.82, 2.24) is 5.32 Å². The zero-order chi connectivity index (χ0) is 18.0. The zero-order valence-electron chi connectivity index (χ0n) is 13.9. The molecule has 1 aliphatic rings. The minimum Gasteiger partial charge on any atom is -0.493 e. The molecule has 0 amide bonds. The third-order valence-corrected chi connectivity index (χ3v) is 6.03. The summed E-state index contributed by atoms with van der Waals surface area (Å²) in [6.07, 6.45) is 0.783. The first-order valence-corrected chi connectivity index (χ1v) is 10.00. The molecule has 0 bridgehead atoms. The highest BCUT2D eigenvalue weighted by molar-refractivity contribution is 9.10. The van der Waals surface area contributed by atoms with Crippen molar-refractivity contribution in [3.05, 3.63) is 57.4 Å². The van der Waals surface area contributed by atoms with Gasteiger partial charge in [-0.2, -0.15) is 0 Å². The summed E-state index contributed by atoms with van der Waals surface area (Å²) in [5, 5.41) is 4.46. The van der Waals surface area contributed by atoms with Crippen molar-refractivity contribution in [2.45, 2.75) is 11.3 Å². The van der Waals surface area contributed by atoms with Gasteiger partial charge in [-0.15, -0.1) is 0 Å². The second kappa shape index (κ2) is 7.09. The smallest absolute Gasteiger partial charge is 0.201 e. The lowest BCUT2D eigenvalue weighted by molar-refractivity contribution is 0.354. The molecule has 0 saturated carbocycles. The number of hydrogen-bond donors (Lipinski definition) is 1. The quantitative estimate of drug-likeness (QED) is 0.816. The van der Waals surface area contributed by atoms with Crippen LogP contribution >= 0.6 is 15.9 Å². The number of fused-ring (bicyclic) bond motifs is 1. The third kappa shape index (κ3) is 3.67. The van der Waals surface area contributed by atoms with Gasteiger partial charge in [-0.05, 0) is 48.4 Å². The summed E-state index contributed by atoms with van der Waals surface area (Å²) < 4.78 is 36.9. The molecule has 2 aromatic rings. The Labute approximate surface area is 155 Å². The van der Waals surface area contributed by atoms with Crippen molar-refractivity contribution in [2.24, 2.45) is 0 Å². The standard InChI is InChI=1S/C18H18BrNO4S/c1-23-17-9-12-7-8-20-16(15(12)10-18(17)24-2)11-25(21,22)14-5-3-13(19)4-6-14/h3-6,9-11,20H,7-8H2,1-2H3. The Morgan fingerprint density at radius 3 is 2.36 bits per heavy atom. The van der Waals surface area contributed by atoms with Crippen LogP contribution in [0.2, 0.25) is 0 Å². The molecule has 0 unspecified atom stereocenters. The highest BCUT2D eigenvalue weighted by Crippen LogP contribution is 2.35. The molecule has 0 spiro atoms. The number of ether oxygens (including phenoxy) is 2. The fraction of sp³-hybridized carbons (Fsp3) is 0.222. The molecule has 3 rings (SSSR count). The lowest BCUT2D eigenvalue weighted by Crippen LogP contribution is -2.23. The number of benzene rings is 2. The van der Waals surface area contributed by atoms with E-state index >= 15 is 0 Å². The van der Waals surface area contributed by atoms with Crippen molar-refractivity contribution in [3.8, 4) is 11.5 Å². The minimum absolute atomic E-state index is 0.248. The molecule has 0 aliphatic carbocycles. The summed E-state index contributed by atoms with van der Waals surface area (Å²) in [6, 6.07) is 10.3. The number of methoxy groups -OCH3 is 2. The van der Waals surface area contributed by atoms with E-state index in [9.17, 15) is 8.42 Å². The van der Waals surface area contributed by atoms with Gasteiger partial charge in [0, 0.05) is 16.6 Å². The summed E-state index contributed by atoms with van der Waals surface area (Å²) >= 11 is 3.31. The maximum Gasteiger partial charge on any atom is 0.201 e. The van der Waals surface area contributed by atoms with Crippen molar-refractivity contribution in [1.29, 1.82) is 0 Å². The van der Waals surface area contributed by atoms with Gasteiger partial charge in [-0.3, -0.25) is 0 Å². The average molecular weight is 424 g/mol. The molecule has 0 saturated heterocycles. The Balaban J connectivity index is 2.08. The van der Waals surface area contributed by atoms with Gasteiger partial charge < -0.3 is 14.8 Å². The average Bonchev–Trinajstić information content (AvgIpc) is 2.61. The van der Waals surface area contributed by atoms with Crippen LogP contribution in [-0.2, 0) is 16.3 Å².